The summed E-state index contributed by atoms with van der Waals surface area (Å²) in [4.78, 5) is 71.9. The third kappa shape index (κ3) is 7.95. The number of rotatable bonds is 4. The Balaban J connectivity index is 0.000000144. The van der Waals surface area contributed by atoms with Gasteiger partial charge in [0.1, 0.15) is 15.6 Å². The molecular weight excluding hydrogens is 1200 g/mol. The summed E-state index contributed by atoms with van der Waals surface area (Å²) in [6, 6.07) is 76.0. The van der Waals surface area contributed by atoms with Crippen molar-refractivity contribution in [2.45, 2.75) is 52.4 Å². The zero-order chi connectivity index (χ0) is 64.2. The molecule has 2 N–H and O–H groups in total. The number of anilines is 6. The van der Waals surface area contributed by atoms with Crippen LogP contribution in [0.5, 0.6) is 0 Å². The van der Waals surface area contributed by atoms with Gasteiger partial charge in [-0.3, -0.25) is 29.8 Å². The fourth-order valence-corrected chi connectivity index (χ4v) is 18.9. The van der Waals surface area contributed by atoms with Crippen LogP contribution in [0.3, 0.4) is 0 Å². The van der Waals surface area contributed by atoms with E-state index in [1.165, 1.54) is 89.2 Å². The van der Waals surface area contributed by atoms with Crippen LogP contribution in [0, 0.1) is 41.5 Å². The first-order valence-corrected chi connectivity index (χ1v) is 33.1. The van der Waals surface area contributed by atoms with E-state index in [2.05, 4.69) is 244 Å². The molecule has 1 saturated heterocycles. The molecule has 1 fully saturated rings. The first kappa shape index (κ1) is 56.8. The molecule has 11 aromatic carbocycles. The number of hydrogen-bond donors (Lipinski definition) is 2. The van der Waals surface area contributed by atoms with Crippen molar-refractivity contribution >= 4 is 107 Å². The molecule has 5 aliphatic rings. The van der Waals surface area contributed by atoms with Crippen LogP contribution < -0.4 is 36.5 Å². The first-order valence-electron chi connectivity index (χ1n) is 31.5. The highest BCUT2D eigenvalue weighted by molar-refractivity contribution is 7.17. The minimum atomic E-state index is -0.812. The highest BCUT2D eigenvalue weighted by Crippen LogP contribution is 2.67. The van der Waals surface area contributed by atoms with Crippen LogP contribution in [0.2, 0.25) is 0 Å². The number of aryl methyl sites for hydroxylation is 6. The number of imide groups is 2. The molecule has 2 aromatic heterocycles. The van der Waals surface area contributed by atoms with Gasteiger partial charge in [0, 0.05) is 37.0 Å². The van der Waals surface area contributed by atoms with Crippen molar-refractivity contribution in [3.63, 3.8) is 0 Å². The molecule has 2 spiro atoms. The lowest BCUT2D eigenvalue weighted by Crippen LogP contribution is -2.51. The van der Waals surface area contributed by atoms with Crippen molar-refractivity contribution in [1.82, 2.24) is 10.6 Å². The average Bonchev–Trinajstić information content (AvgIpc) is 1.49. The molecule has 4 amide bonds. The number of nitrogens with zero attached hydrogens (tertiary/aromatic N) is 2. The lowest BCUT2D eigenvalue weighted by molar-refractivity contribution is -0.123. The number of fused-ring (bicyclic) bond motifs is 18. The van der Waals surface area contributed by atoms with Crippen LogP contribution in [0.15, 0.2) is 234 Å². The Bertz CT molecular complexity index is 5530. The lowest BCUT2D eigenvalue weighted by Gasteiger charge is -2.44. The molecule has 0 unspecified atom stereocenters. The van der Waals surface area contributed by atoms with E-state index in [4.69, 9.17) is 0 Å². The second-order valence-electron chi connectivity index (χ2n) is 25.3. The molecule has 0 saturated carbocycles. The Morgan fingerprint density at radius 1 is 0.372 bits per heavy atom. The summed E-state index contributed by atoms with van der Waals surface area (Å²) < 4.78 is 0. The fourth-order valence-electron chi connectivity index (χ4n) is 16.6. The standard InChI is InChI=1S/C46H31NO2S.C37H27N3O3S/c1-26-22-27(2)42(28(3)23-26)47-40-21-9-8-20-38(40)46(36-18-6-4-14-31(36)32-15-5-7-19-37(32)46)39-25-30(50-45(39)47)24-35-43(48)33-16-10-12-29-13-11-17-34(41(29)33)44(35)49;1-20-16-21(2)32(22(3)17-20)40-31-15-9-8-14-29(31)37(27-12-6-4-10-24(27)25-11-5-7-13-28(25)37)30-19-23(44-35(30)40)18-26-33(41)38-36(43)39-34(26)42/h4-25H,1-3H3;4-19H,1-3H3,(H2,38,39,41,42,43). The second-order valence-corrected chi connectivity index (χ2v) is 27.5. The van der Waals surface area contributed by atoms with Crippen LogP contribution >= 0.6 is 22.7 Å². The van der Waals surface area contributed by atoms with Crippen LogP contribution in [-0.2, 0) is 20.4 Å². The van der Waals surface area contributed by atoms with E-state index in [0.29, 0.717) is 10.8 Å². The van der Waals surface area contributed by atoms with Crippen molar-refractivity contribution in [2.24, 2.45) is 0 Å². The number of nitrogens with one attached hydrogen (secondary N) is 2. The summed E-state index contributed by atoms with van der Waals surface area (Å²) in [6.07, 6.45) is 3.44. The smallest absolute Gasteiger partial charge is 0.301 e. The van der Waals surface area contributed by atoms with Gasteiger partial charge >= 0.3 is 6.03 Å². The Morgan fingerprint density at radius 2 is 0.723 bits per heavy atom. The number of urea groups is 1. The number of thiophene rings is 2. The van der Waals surface area contributed by atoms with Gasteiger partial charge in [0.25, 0.3) is 11.8 Å². The van der Waals surface area contributed by atoms with Crippen molar-refractivity contribution in [2.75, 3.05) is 9.80 Å². The largest absolute Gasteiger partial charge is 0.328 e. The van der Waals surface area contributed by atoms with Gasteiger partial charge in [-0.05, 0) is 161 Å². The van der Waals surface area contributed by atoms with E-state index in [0.717, 1.165) is 75.5 Å². The number of carbonyl (C=O) groups excluding carboxylic acids is 3. The second kappa shape index (κ2) is 21.0. The quantitative estimate of drug-likeness (QED) is 0.133. The van der Waals surface area contributed by atoms with Crippen molar-refractivity contribution in [1.29, 1.82) is 0 Å². The third-order valence-electron chi connectivity index (χ3n) is 19.8. The maximum Gasteiger partial charge on any atom is 0.328 e. The molecule has 13 aromatic rings. The predicted octanol–water partition coefficient (Wildman–Crippen LogP) is 17.4. The summed E-state index contributed by atoms with van der Waals surface area (Å²) in [7, 11) is 0. The highest BCUT2D eigenvalue weighted by atomic mass is 32.1. The summed E-state index contributed by atoms with van der Waals surface area (Å²) in [5, 5.41) is 9.55. The van der Waals surface area contributed by atoms with Gasteiger partial charge in [0.05, 0.1) is 38.8 Å². The third-order valence-corrected chi connectivity index (χ3v) is 21.9. The predicted molar refractivity (Wildman–Crippen MR) is 382 cm³/mol. The summed E-state index contributed by atoms with van der Waals surface area (Å²) in [5.74, 6) is -1.41. The number of para-hydroxylation sites is 2. The van der Waals surface area contributed by atoms with Gasteiger partial charge in [-0.15, -0.1) is 22.7 Å². The van der Waals surface area contributed by atoms with Gasteiger partial charge in [0.2, 0.25) is 0 Å². The highest BCUT2D eigenvalue weighted by Gasteiger charge is 2.55. The van der Waals surface area contributed by atoms with E-state index < -0.39 is 28.7 Å². The van der Waals surface area contributed by atoms with Crippen LogP contribution in [0.4, 0.5) is 37.5 Å². The molecule has 11 heteroatoms. The van der Waals surface area contributed by atoms with E-state index in [1.807, 2.05) is 42.5 Å². The zero-order valence-corrected chi connectivity index (χ0v) is 53.8. The molecule has 0 radical (unpaired) electrons. The molecule has 5 heterocycles. The number of benzene rings is 11. The van der Waals surface area contributed by atoms with Gasteiger partial charge in [-0.2, -0.15) is 0 Å². The molecule has 94 heavy (non-hydrogen) atoms. The fraction of sp³-hybridized carbons (Fsp3) is 0.0964. The molecule has 2 aliphatic carbocycles. The molecule has 18 rings (SSSR count). The minimum absolute atomic E-state index is 0.101. The topological polar surface area (TPSA) is 116 Å². The summed E-state index contributed by atoms with van der Waals surface area (Å²) >= 11 is 3.19. The minimum Gasteiger partial charge on any atom is -0.301 e. The number of amides is 4. The Labute approximate surface area is 550 Å². The maximum absolute atomic E-state index is 14.1. The maximum atomic E-state index is 14.1. The SMILES string of the molecule is Cc1cc(C)c(N2c3ccccc3C3(c4ccccc4-c4ccccc43)c3cc(C=C4C(=O)NC(=O)NC4=O)sc32)c(C)c1.Cc1cc(C)c(N2c3ccccc3C3(c4ccccc4-c4ccccc43)c3cc(C=c4c(=O)c5cccc6cccc(c4=O)c65)sc32)c(C)c1. The van der Waals surface area contributed by atoms with Crippen molar-refractivity contribution < 1.29 is 14.4 Å². The lowest BCUT2D eigenvalue weighted by atomic mass is 9.66. The molecular formula is C83H58N4O5S2. The number of carbonyl (C=O) groups is 3. The van der Waals surface area contributed by atoms with E-state index in [-0.39, 0.29) is 21.6 Å². The van der Waals surface area contributed by atoms with Crippen LogP contribution in [0.25, 0.3) is 56.0 Å². The molecule has 0 atom stereocenters. The summed E-state index contributed by atoms with van der Waals surface area (Å²) in [6.45, 7) is 12.9. The summed E-state index contributed by atoms with van der Waals surface area (Å²) in [5.41, 5.74) is 24.2. The van der Waals surface area contributed by atoms with E-state index in [9.17, 15) is 24.0 Å². The average molecular weight is 1260 g/mol. The van der Waals surface area contributed by atoms with Gasteiger partial charge in [-0.25, -0.2) is 4.79 Å². The monoisotopic (exact) mass is 1250 g/mol. The Hall–Kier alpha value is -11.1. The molecule has 9 nitrogen and oxygen atoms in total. The molecule has 3 aliphatic heterocycles. The number of barbiturate groups is 1. The molecule has 452 valence electrons. The Morgan fingerprint density at radius 3 is 1.12 bits per heavy atom. The van der Waals surface area contributed by atoms with Gasteiger partial charge < -0.3 is 9.80 Å². The van der Waals surface area contributed by atoms with Gasteiger partial charge in [-0.1, -0.05) is 205 Å². The normalized spacial score (nSPS) is 14.7. The Kier molecular flexibility index (Phi) is 12.7. The van der Waals surface area contributed by atoms with Gasteiger partial charge in [0.15, 0.2) is 10.9 Å². The van der Waals surface area contributed by atoms with E-state index >= 15 is 0 Å². The zero-order valence-electron chi connectivity index (χ0n) is 52.2. The van der Waals surface area contributed by atoms with Crippen molar-refractivity contribution in [3.05, 3.63) is 337 Å². The number of hydrogen-bond acceptors (Lipinski definition) is 9. The van der Waals surface area contributed by atoms with E-state index in [1.54, 1.807) is 17.4 Å². The van der Waals surface area contributed by atoms with Crippen molar-refractivity contribution in [3.8, 4) is 22.3 Å². The van der Waals surface area contributed by atoms with Crippen LogP contribution in [-0.4, -0.2) is 17.8 Å². The first-order chi connectivity index (χ1) is 45.7. The van der Waals surface area contributed by atoms with Crippen LogP contribution in [0.1, 0.15) is 87.6 Å². The molecule has 0 bridgehead atoms.